The molecule has 172 valence electrons. The molecule has 0 heterocycles. The minimum Gasteiger partial charge on any atom is -0.449 e. The lowest BCUT2D eigenvalue weighted by Gasteiger charge is -2.14. The van der Waals surface area contributed by atoms with E-state index >= 15 is 0 Å². The average molecular weight is 474 g/mol. The van der Waals surface area contributed by atoms with Crippen molar-refractivity contribution < 1.29 is 31.5 Å². The van der Waals surface area contributed by atoms with E-state index < -0.39 is 44.5 Å². The number of esters is 1. The summed E-state index contributed by atoms with van der Waals surface area (Å²) in [6.07, 6.45) is -1.09. The summed E-state index contributed by atoms with van der Waals surface area (Å²) >= 11 is 0. The van der Waals surface area contributed by atoms with E-state index in [9.17, 15) is 26.8 Å². The Kier molecular flexibility index (Phi) is 7.39. The first kappa shape index (κ1) is 23.9. The molecular weight excluding hydrogens is 454 g/mol. The van der Waals surface area contributed by atoms with Crippen LogP contribution in [0.5, 0.6) is 0 Å². The maximum atomic E-state index is 13.4. The predicted octanol–water partition coefficient (Wildman–Crippen LogP) is 3.63. The molecule has 0 bridgehead atoms. The molecule has 0 radical (unpaired) electrons. The highest BCUT2D eigenvalue weighted by atomic mass is 32.2. The van der Waals surface area contributed by atoms with Crippen LogP contribution in [-0.2, 0) is 26.1 Å². The minimum atomic E-state index is -4.24. The van der Waals surface area contributed by atoms with Gasteiger partial charge in [0.25, 0.3) is 15.9 Å². The summed E-state index contributed by atoms with van der Waals surface area (Å²) in [6.45, 7) is 1.68. The molecule has 10 heteroatoms. The van der Waals surface area contributed by atoms with E-state index in [-0.39, 0.29) is 17.8 Å². The summed E-state index contributed by atoms with van der Waals surface area (Å²) in [4.78, 5) is 24.2. The normalized spacial score (nSPS) is 12.0. The molecule has 3 aromatic rings. The highest BCUT2D eigenvalue weighted by Gasteiger charge is 2.20. The lowest BCUT2D eigenvalue weighted by Crippen LogP contribution is -2.35. The van der Waals surface area contributed by atoms with Gasteiger partial charge in [-0.25, -0.2) is 22.0 Å². The summed E-state index contributed by atoms with van der Waals surface area (Å²) in [6, 6.07) is 16.7. The molecule has 0 aliphatic rings. The largest absolute Gasteiger partial charge is 0.449 e. The Hall–Kier alpha value is -3.79. The van der Waals surface area contributed by atoms with E-state index in [0.29, 0.717) is 12.1 Å². The SMILES string of the molecule is CC(OC(=O)c1cccc(NS(=O)(=O)c2ccc(F)c(F)c2)c1)C(=O)NCc1ccccc1. The van der Waals surface area contributed by atoms with Gasteiger partial charge in [0.05, 0.1) is 10.5 Å². The molecule has 0 fully saturated rings. The Morgan fingerprint density at radius 2 is 1.67 bits per heavy atom. The van der Waals surface area contributed by atoms with Crippen LogP contribution in [-0.4, -0.2) is 26.4 Å². The maximum Gasteiger partial charge on any atom is 0.338 e. The first-order chi connectivity index (χ1) is 15.7. The number of carbonyl (C=O) groups is 2. The number of benzene rings is 3. The van der Waals surface area contributed by atoms with E-state index in [1.54, 1.807) is 0 Å². The van der Waals surface area contributed by atoms with Gasteiger partial charge in [-0.2, -0.15) is 0 Å². The number of halogens is 2. The summed E-state index contributed by atoms with van der Waals surface area (Å²) < 4.78 is 58.7. The number of ether oxygens (including phenoxy) is 1. The van der Waals surface area contributed by atoms with Crippen molar-refractivity contribution in [3.63, 3.8) is 0 Å². The zero-order valence-electron chi connectivity index (χ0n) is 17.4. The summed E-state index contributed by atoms with van der Waals surface area (Å²) in [7, 11) is -4.24. The molecule has 1 amide bonds. The summed E-state index contributed by atoms with van der Waals surface area (Å²) in [5, 5.41) is 2.66. The number of sulfonamides is 1. The van der Waals surface area contributed by atoms with Crippen molar-refractivity contribution in [1.29, 1.82) is 0 Å². The third-order valence-electron chi connectivity index (χ3n) is 4.51. The van der Waals surface area contributed by atoms with Crippen molar-refractivity contribution >= 4 is 27.6 Å². The summed E-state index contributed by atoms with van der Waals surface area (Å²) in [5.41, 5.74) is 0.865. The van der Waals surface area contributed by atoms with Crippen LogP contribution in [0.3, 0.4) is 0 Å². The van der Waals surface area contributed by atoms with Crippen LogP contribution in [0.25, 0.3) is 0 Å². The van der Waals surface area contributed by atoms with Crippen LogP contribution in [0.4, 0.5) is 14.5 Å². The maximum absolute atomic E-state index is 13.4. The molecule has 0 aromatic heterocycles. The molecule has 0 saturated carbocycles. The van der Waals surface area contributed by atoms with Crippen LogP contribution < -0.4 is 10.0 Å². The molecule has 0 spiro atoms. The smallest absolute Gasteiger partial charge is 0.338 e. The minimum absolute atomic E-state index is 0.00429. The van der Waals surface area contributed by atoms with Gasteiger partial charge < -0.3 is 10.1 Å². The molecule has 1 unspecified atom stereocenters. The number of nitrogens with one attached hydrogen (secondary N) is 2. The second-order valence-electron chi connectivity index (χ2n) is 7.01. The fourth-order valence-corrected chi connectivity index (χ4v) is 3.84. The van der Waals surface area contributed by atoms with Crippen LogP contribution in [0.2, 0.25) is 0 Å². The lowest BCUT2D eigenvalue weighted by molar-refractivity contribution is -0.129. The van der Waals surface area contributed by atoms with Gasteiger partial charge in [-0.05, 0) is 48.9 Å². The van der Waals surface area contributed by atoms with Gasteiger partial charge in [0.1, 0.15) is 0 Å². The van der Waals surface area contributed by atoms with Crippen molar-refractivity contribution in [2.24, 2.45) is 0 Å². The molecular formula is C23H20F2N2O5S. The number of rotatable bonds is 8. The van der Waals surface area contributed by atoms with Crippen LogP contribution in [0.15, 0.2) is 77.7 Å². The van der Waals surface area contributed by atoms with E-state index in [2.05, 4.69) is 10.0 Å². The third-order valence-corrected chi connectivity index (χ3v) is 5.89. The second-order valence-corrected chi connectivity index (χ2v) is 8.70. The monoisotopic (exact) mass is 474 g/mol. The van der Waals surface area contributed by atoms with Crippen molar-refractivity contribution in [3.8, 4) is 0 Å². The first-order valence-corrected chi connectivity index (χ1v) is 11.2. The highest BCUT2D eigenvalue weighted by molar-refractivity contribution is 7.92. The molecule has 2 N–H and O–H groups in total. The first-order valence-electron chi connectivity index (χ1n) is 9.76. The van der Waals surface area contributed by atoms with Crippen molar-refractivity contribution in [1.82, 2.24) is 5.32 Å². The number of hydrogen-bond donors (Lipinski definition) is 2. The van der Waals surface area contributed by atoms with Crippen LogP contribution in [0, 0.1) is 11.6 Å². The molecule has 0 aliphatic carbocycles. The summed E-state index contributed by atoms with van der Waals surface area (Å²) in [5.74, 6) is -3.83. The lowest BCUT2D eigenvalue weighted by atomic mass is 10.2. The van der Waals surface area contributed by atoms with Crippen LogP contribution in [0.1, 0.15) is 22.8 Å². The van der Waals surface area contributed by atoms with E-state index in [1.807, 2.05) is 30.3 Å². The quantitative estimate of drug-likeness (QED) is 0.486. The molecule has 3 aromatic carbocycles. The van der Waals surface area contributed by atoms with Gasteiger partial charge in [0.15, 0.2) is 17.7 Å². The Balaban J connectivity index is 1.63. The van der Waals surface area contributed by atoms with Gasteiger partial charge in [-0.15, -0.1) is 0 Å². The van der Waals surface area contributed by atoms with Gasteiger partial charge in [0, 0.05) is 12.2 Å². The van der Waals surface area contributed by atoms with Gasteiger partial charge >= 0.3 is 5.97 Å². The van der Waals surface area contributed by atoms with Crippen LogP contribution >= 0.6 is 0 Å². The average Bonchev–Trinajstić information content (AvgIpc) is 2.79. The number of hydrogen-bond acceptors (Lipinski definition) is 5. The molecule has 3 rings (SSSR count). The van der Waals surface area contributed by atoms with E-state index in [4.69, 9.17) is 4.74 Å². The van der Waals surface area contributed by atoms with E-state index in [1.165, 1.54) is 31.2 Å². The topological polar surface area (TPSA) is 102 Å². The Labute approximate surface area is 189 Å². The molecule has 0 saturated heterocycles. The highest BCUT2D eigenvalue weighted by Crippen LogP contribution is 2.20. The predicted molar refractivity (Wildman–Crippen MR) is 117 cm³/mol. The second kappa shape index (κ2) is 10.2. The van der Waals surface area contributed by atoms with Crippen molar-refractivity contribution in [3.05, 3.63) is 95.6 Å². The Morgan fingerprint density at radius 3 is 2.36 bits per heavy atom. The molecule has 1 atom stereocenters. The Bertz CT molecular complexity index is 1270. The molecule has 0 aliphatic heterocycles. The number of anilines is 1. The Morgan fingerprint density at radius 1 is 0.939 bits per heavy atom. The zero-order valence-corrected chi connectivity index (χ0v) is 18.2. The molecule has 7 nitrogen and oxygen atoms in total. The van der Waals surface area contributed by atoms with Gasteiger partial charge in [0.2, 0.25) is 0 Å². The zero-order chi connectivity index (χ0) is 24.0. The standard InChI is InChI=1S/C23H20F2N2O5S/c1-15(22(28)26-14-16-6-3-2-4-7-16)32-23(29)17-8-5-9-18(12-17)27-33(30,31)19-10-11-20(24)21(25)13-19/h2-13,15,27H,14H2,1H3,(H,26,28). The number of amides is 1. The van der Waals surface area contributed by atoms with Crippen molar-refractivity contribution in [2.75, 3.05) is 4.72 Å². The fourth-order valence-electron chi connectivity index (χ4n) is 2.78. The third kappa shape index (κ3) is 6.36. The van der Waals surface area contributed by atoms with Gasteiger partial charge in [-0.1, -0.05) is 36.4 Å². The van der Waals surface area contributed by atoms with E-state index in [0.717, 1.165) is 11.6 Å². The molecule has 33 heavy (non-hydrogen) atoms. The number of carbonyl (C=O) groups excluding carboxylic acids is 2. The van der Waals surface area contributed by atoms with Crippen molar-refractivity contribution in [2.45, 2.75) is 24.5 Å². The van der Waals surface area contributed by atoms with Gasteiger partial charge in [-0.3, -0.25) is 9.52 Å². The fraction of sp³-hybridized carbons (Fsp3) is 0.130.